The minimum Gasteiger partial charge on any atom is -0.367 e. The number of anilines is 1. The average Bonchev–Trinajstić information content (AvgIpc) is 2.68. The Bertz CT molecular complexity index is 949. The van der Waals surface area contributed by atoms with Gasteiger partial charge in [-0.15, -0.1) is 0 Å². The molecule has 3 aromatic rings. The van der Waals surface area contributed by atoms with Crippen LogP contribution < -0.4 is 10.5 Å². The van der Waals surface area contributed by atoms with Crippen molar-refractivity contribution in [2.45, 2.75) is 0 Å². The van der Waals surface area contributed by atoms with Gasteiger partial charge in [-0.2, -0.15) is 5.10 Å². The Morgan fingerprint density at radius 2 is 1.68 bits per heavy atom. The predicted octanol–water partition coefficient (Wildman–Crippen LogP) is 1.89. The van der Waals surface area contributed by atoms with E-state index in [0.717, 1.165) is 13.1 Å². The van der Waals surface area contributed by atoms with E-state index >= 15 is 0 Å². The summed E-state index contributed by atoms with van der Waals surface area (Å²) in [4.78, 5) is 27.7. The van der Waals surface area contributed by atoms with E-state index in [1.807, 2.05) is 12.1 Å². The van der Waals surface area contributed by atoms with E-state index < -0.39 is 0 Å². The molecule has 1 aliphatic heterocycles. The zero-order valence-electron chi connectivity index (χ0n) is 13.7. The van der Waals surface area contributed by atoms with Crippen LogP contribution in [0.3, 0.4) is 0 Å². The number of hydrogen-bond acceptors (Lipinski definition) is 4. The van der Waals surface area contributed by atoms with Crippen molar-refractivity contribution in [2.75, 3.05) is 31.1 Å². The lowest BCUT2D eigenvalue weighted by molar-refractivity contribution is 0.0739. The second-order valence-electron chi connectivity index (χ2n) is 6.08. The Morgan fingerprint density at radius 1 is 0.920 bits per heavy atom. The highest BCUT2D eigenvalue weighted by molar-refractivity contribution is 5.95. The maximum Gasteiger partial charge on any atom is 0.274 e. The van der Waals surface area contributed by atoms with Crippen LogP contribution in [0.1, 0.15) is 10.5 Å². The van der Waals surface area contributed by atoms with Crippen molar-refractivity contribution >= 4 is 22.4 Å². The summed E-state index contributed by atoms with van der Waals surface area (Å²) in [5, 5.41) is 8.59. The summed E-state index contributed by atoms with van der Waals surface area (Å²) in [6.07, 6.45) is 0. The van der Waals surface area contributed by atoms with Crippen molar-refractivity contribution in [3.63, 3.8) is 0 Å². The summed E-state index contributed by atoms with van der Waals surface area (Å²) in [6.45, 7) is 2.79. The molecule has 25 heavy (non-hydrogen) atoms. The van der Waals surface area contributed by atoms with Gasteiger partial charge in [0.05, 0.1) is 0 Å². The average molecular weight is 334 g/mol. The van der Waals surface area contributed by atoms with Gasteiger partial charge < -0.3 is 9.80 Å². The lowest BCUT2D eigenvalue weighted by Crippen LogP contribution is -2.49. The third-order valence-corrected chi connectivity index (χ3v) is 4.57. The molecule has 0 unspecified atom stereocenters. The molecular formula is C19H18N4O2. The summed E-state index contributed by atoms with van der Waals surface area (Å²) in [7, 11) is 0. The van der Waals surface area contributed by atoms with Crippen LogP contribution in [0.25, 0.3) is 10.8 Å². The van der Waals surface area contributed by atoms with E-state index in [9.17, 15) is 9.59 Å². The number of fused-ring (bicyclic) bond motifs is 1. The highest BCUT2D eigenvalue weighted by Crippen LogP contribution is 2.27. The van der Waals surface area contributed by atoms with E-state index in [4.69, 9.17) is 0 Å². The maximum atomic E-state index is 12.5. The summed E-state index contributed by atoms with van der Waals surface area (Å²) >= 11 is 0. The van der Waals surface area contributed by atoms with Gasteiger partial charge in [0.1, 0.15) is 5.69 Å². The molecule has 0 aliphatic carbocycles. The molecule has 4 rings (SSSR count). The second-order valence-corrected chi connectivity index (χ2v) is 6.08. The number of rotatable bonds is 2. The number of amides is 1. The Balaban J connectivity index is 1.50. The van der Waals surface area contributed by atoms with E-state index in [-0.39, 0.29) is 17.2 Å². The van der Waals surface area contributed by atoms with Gasteiger partial charge in [-0.1, -0.05) is 36.4 Å². The molecule has 1 saturated heterocycles. The molecule has 0 bridgehead atoms. The molecule has 1 amide bonds. The molecule has 1 fully saturated rings. The fourth-order valence-corrected chi connectivity index (χ4v) is 3.26. The zero-order valence-corrected chi connectivity index (χ0v) is 13.7. The number of carbonyl (C=O) groups is 1. The van der Waals surface area contributed by atoms with E-state index in [2.05, 4.69) is 45.4 Å². The monoisotopic (exact) mass is 334 g/mol. The molecular weight excluding hydrogens is 316 g/mol. The van der Waals surface area contributed by atoms with Crippen LogP contribution in [0.4, 0.5) is 5.69 Å². The van der Waals surface area contributed by atoms with Crippen LogP contribution in [0.5, 0.6) is 0 Å². The van der Waals surface area contributed by atoms with Crippen LogP contribution in [0.15, 0.2) is 59.4 Å². The van der Waals surface area contributed by atoms with E-state index in [1.165, 1.54) is 28.6 Å². The minimum atomic E-state index is -0.308. The van der Waals surface area contributed by atoms with Crippen LogP contribution in [-0.4, -0.2) is 47.2 Å². The molecule has 6 nitrogen and oxygen atoms in total. The summed E-state index contributed by atoms with van der Waals surface area (Å²) in [6, 6.07) is 17.4. The van der Waals surface area contributed by atoms with Crippen molar-refractivity contribution < 1.29 is 4.79 Å². The largest absolute Gasteiger partial charge is 0.367 e. The molecule has 2 heterocycles. The van der Waals surface area contributed by atoms with Gasteiger partial charge in [-0.3, -0.25) is 9.59 Å². The first-order valence-corrected chi connectivity index (χ1v) is 8.30. The number of piperazine rings is 1. The number of nitrogens with one attached hydrogen (secondary N) is 1. The van der Waals surface area contributed by atoms with Gasteiger partial charge in [0.15, 0.2) is 0 Å². The SMILES string of the molecule is O=C(c1ccc(=O)[nH]n1)N1CCN(c2cccc3ccccc23)CC1. The van der Waals surface area contributed by atoms with Gasteiger partial charge >= 0.3 is 0 Å². The van der Waals surface area contributed by atoms with Gasteiger partial charge in [0.25, 0.3) is 11.5 Å². The number of aromatic nitrogens is 2. The van der Waals surface area contributed by atoms with Gasteiger partial charge in [-0.05, 0) is 17.5 Å². The standard InChI is InChI=1S/C19H18N4O2/c24-18-9-8-16(20-21-18)19(25)23-12-10-22(11-13-23)17-7-3-5-14-4-1-2-6-15(14)17/h1-9H,10-13H2,(H,21,24). The number of H-pyrrole nitrogens is 1. The first-order valence-electron chi connectivity index (χ1n) is 8.30. The second kappa shape index (κ2) is 6.39. The van der Waals surface area contributed by atoms with E-state index in [1.54, 1.807) is 4.90 Å². The smallest absolute Gasteiger partial charge is 0.274 e. The van der Waals surface area contributed by atoms with Gasteiger partial charge in [-0.25, -0.2) is 5.10 Å². The Morgan fingerprint density at radius 3 is 2.44 bits per heavy atom. The van der Waals surface area contributed by atoms with E-state index in [0.29, 0.717) is 13.1 Å². The fraction of sp³-hybridized carbons (Fsp3) is 0.211. The molecule has 2 aromatic carbocycles. The molecule has 1 aliphatic rings. The topological polar surface area (TPSA) is 69.3 Å². The molecule has 1 aromatic heterocycles. The first-order chi connectivity index (χ1) is 12.2. The normalized spacial score (nSPS) is 14.7. The quantitative estimate of drug-likeness (QED) is 0.777. The lowest BCUT2D eigenvalue weighted by Gasteiger charge is -2.36. The first kappa shape index (κ1) is 15.4. The van der Waals surface area contributed by atoms with Crippen molar-refractivity contribution in [3.8, 4) is 0 Å². The zero-order chi connectivity index (χ0) is 17.2. The molecule has 0 spiro atoms. The molecule has 1 N–H and O–H groups in total. The third-order valence-electron chi connectivity index (χ3n) is 4.57. The molecule has 0 saturated carbocycles. The van der Waals surface area contributed by atoms with Crippen LogP contribution >= 0.6 is 0 Å². The lowest BCUT2D eigenvalue weighted by atomic mass is 10.1. The molecule has 126 valence electrons. The minimum absolute atomic E-state index is 0.145. The van der Waals surface area contributed by atoms with Crippen LogP contribution in [0.2, 0.25) is 0 Å². The predicted molar refractivity (Wildman–Crippen MR) is 96.9 cm³/mol. The highest BCUT2D eigenvalue weighted by atomic mass is 16.2. The van der Waals surface area contributed by atoms with Gasteiger partial charge in [0, 0.05) is 43.3 Å². The van der Waals surface area contributed by atoms with Crippen molar-refractivity contribution in [3.05, 3.63) is 70.6 Å². The number of hydrogen-bond donors (Lipinski definition) is 1. The number of aromatic amines is 1. The fourth-order valence-electron chi connectivity index (χ4n) is 3.26. The number of nitrogens with zero attached hydrogens (tertiary/aromatic N) is 3. The van der Waals surface area contributed by atoms with Crippen LogP contribution in [0, 0.1) is 0 Å². The van der Waals surface area contributed by atoms with Crippen molar-refractivity contribution in [2.24, 2.45) is 0 Å². The summed E-state index contributed by atoms with van der Waals surface area (Å²) < 4.78 is 0. The van der Waals surface area contributed by atoms with Crippen molar-refractivity contribution in [1.29, 1.82) is 0 Å². The summed E-state index contributed by atoms with van der Waals surface area (Å²) in [5.74, 6) is -0.145. The number of benzene rings is 2. The Labute approximate surface area is 144 Å². The van der Waals surface area contributed by atoms with Crippen LogP contribution in [-0.2, 0) is 0 Å². The van der Waals surface area contributed by atoms with Crippen molar-refractivity contribution in [1.82, 2.24) is 15.1 Å². The van der Waals surface area contributed by atoms with Gasteiger partial charge in [0.2, 0.25) is 0 Å². The maximum absolute atomic E-state index is 12.5. The molecule has 0 radical (unpaired) electrons. The summed E-state index contributed by atoms with van der Waals surface area (Å²) in [5.41, 5.74) is 1.17. The Hall–Kier alpha value is -3.15. The number of carbonyl (C=O) groups excluding carboxylic acids is 1. The highest BCUT2D eigenvalue weighted by Gasteiger charge is 2.23. The Kier molecular flexibility index (Phi) is 3.93. The molecule has 0 atom stereocenters. The molecule has 6 heteroatoms. The third kappa shape index (κ3) is 2.98.